The molecular formula is C11H13O3+. The molecule has 0 fully saturated rings. The largest absolute Gasteiger partial charge is 0.497 e. The van der Waals surface area contributed by atoms with Gasteiger partial charge in [0.2, 0.25) is 0 Å². The molecule has 1 aromatic carbocycles. The summed E-state index contributed by atoms with van der Waals surface area (Å²) < 4.78 is 10.3. The summed E-state index contributed by atoms with van der Waals surface area (Å²) in [6.45, 7) is 2.06. The van der Waals surface area contributed by atoms with Crippen LogP contribution in [-0.4, -0.2) is 17.9 Å². The van der Waals surface area contributed by atoms with Gasteiger partial charge >= 0.3 is 5.97 Å². The highest BCUT2D eigenvalue weighted by molar-refractivity contribution is 5.77. The van der Waals surface area contributed by atoms with Crippen molar-refractivity contribution in [2.45, 2.75) is 19.3 Å². The molecule has 1 aromatic rings. The summed E-state index contributed by atoms with van der Waals surface area (Å²) in [5.74, 6) is 1.81. The van der Waals surface area contributed by atoms with Crippen LogP contribution in [0.3, 0.4) is 0 Å². The highest BCUT2D eigenvalue weighted by atomic mass is 16.5. The molecule has 0 bridgehead atoms. The number of ether oxygens (including phenoxy) is 2. The van der Waals surface area contributed by atoms with E-state index in [1.807, 2.05) is 12.1 Å². The molecule has 1 aliphatic heterocycles. The van der Waals surface area contributed by atoms with Crippen molar-refractivity contribution in [2.75, 3.05) is 7.11 Å². The van der Waals surface area contributed by atoms with Gasteiger partial charge in [-0.25, -0.2) is 0 Å². The Morgan fingerprint density at radius 2 is 2.29 bits per heavy atom. The molecule has 0 saturated heterocycles. The number of fused-ring (bicyclic) bond motifs is 1. The minimum absolute atomic E-state index is 0.0817. The molecular weight excluding hydrogens is 180 g/mol. The van der Waals surface area contributed by atoms with Gasteiger partial charge in [0, 0.05) is 11.5 Å². The average Bonchev–Trinajstić information content (AvgIpc) is 2.16. The number of methoxy groups -OCH3 is 1. The Morgan fingerprint density at radius 3 is 3.00 bits per heavy atom. The monoisotopic (exact) mass is 193 g/mol. The van der Waals surface area contributed by atoms with Crippen LogP contribution < -0.4 is 9.47 Å². The quantitative estimate of drug-likeness (QED) is 0.389. The molecule has 1 aliphatic rings. The molecule has 0 aliphatic carbocycles. The smallest absolute Gasteiger partial charge is 0.489 e. The van der Waals surface area contributed by atoms with Gasteiger partial charge in [0.25, 0.3) is 5.75 Å². The van der Waals surface area contributed by atoms with E-state index >= 15 is 0 Å². The van der Waals surface area contributed by atoms with Crippen LogP contribution in [0.1, 0.15) is 24.8 Å². The van der Waals surface area contributed by atoms with Crippen molar-refractivity contribution in [2.24, 2.45) is 0 Å². The molecule has 0 spiro atoms. The van der Waals surface area contributed by atoms with Crippen LogP contribution >= 0.6 is 0 Å². The second-order valence-electron chi connectivity index (χ2n) is 3.50. The summed E-state index contributed by atoms with van der Waals surface area (Å²) in [6, 6.07) is 5.67. The predicted molar refractivity (Wildman–Crippen MR) is 53.6 cm³/mol. The van der Waals surface area contributed by atoms with Crippen molar-refractivity contribution >= 4 is 5.97 Å². The van der Waals surface area contributed by atoms with E-state index < -0.39 is 0 Å². The van der Waals surface area contributed by atoms with E-state index in [9.17, 15) is 4.79 Å². The third kappa shape index (κ3) is 1.45. The Morgan fingerprint density at radius 1 is 1.50 bits per heavy atom. The van der Waals surface area contributed by atoms with Gasteiger partial charge in [0.15, 0.2) is 0 Å². The third-order valence-corrected chi connectivity index (χ3v) is 2.46. The van der Waals surface area contributed by atoms with Crippen molar-refractivity contribution in [1.29, 1.82) is 0 Å². The fraction of sp³-hybridized carbons (Fsp3) is 0.364. The lowest BCUT2D eigenvalue weighted by atomic mass is 9.95. The Kier molecular flexibility index (Phi) is 2.15. The van der Waals surface area contributed by atoms with E-state index in [-0.39, 0.29) is 5.97 Å². The number of rotatable bonds is 1. The lowest BCUT2D eigenvalue weighted by molar-refractivity contribution is 0.394. The van der Waals surface area contributed by atoms with Crippen LogP contribution in [0.25, 0.3) is 0 Å². The maximum atomic E-state index is 9.34. The minimum atomic E-state index is 0.0817. The first-order valence-electron chi connectivity index (χ1n) is 4.61. The topological polar surface area (TPSA) is 39.9 Å². The summed E-state index contributed by atoms with van der Waals surface area (Å²) in [7, 11) is 1.61. The van der Waals surface area contributed by atoms with Crippen molar-refractivity contribution in [3.05, 3.63) is 23.8 Å². The van der Waals surface area contributed by atoms with Crippen LogP contribution in [0.15, 0.2) is 18.2 Å². The van der Waals surface area contributed by atoms with E-state index in [0.717, 1.165) is 11.3 Å². The Bertz CT molecular complexity index is 371. The number of carbonyl (C=O) groups excluding carboxylic acids is 1. The number of esters is 1. The maximum absolute atomic E-state index is 9.34. The first kappa shape index (κ1) is 9.06. The standard InChI is InChI=1S/C11H12O3/c1-7-5-11(12)14-10-6-8(13-2)3-4-9(7)10/h3-4,6-7H,5H2,1-2H3/p+1. The minimum Gasteiger partial charge on any atom is -0.497 e. The van der Waals surface area contributed by atoms with Crippen LogP contribution in [0.4, 0.5) is 0 Å². The molecule has 3 nitrogen and oxygen atoms in total. The van der Waals surface area contributed by atoms with Crippen molar-refractivity contribution < 1.29 is 14.3 Å². The molecule has 0 aromatic heterocycles. The number of hydrogen-bond donors (Lipinski definition) is 0. The second-order valence-corrected chi connectivity index (χ2v) is 3.50. The molecule has 1 atom stereocenters. The zero-order chi connectivity index (χ0) is 10.1. The first-order valence-corrected chi connectivity index (χ1v) is 4.61. The Hall–Kier alpha value is -1.51. The van der Waals surface area contributed by atoms with Crippen LogP contribution in [-0.2, 0) is 0 Å². The maximum Gasteiger partial charge on any atom is 0.489 e. The molecule has 2 rings (SSSR count). The fourth-order valence-corrected chi connectivity index (χ4v) is 1.68. The van der Waals surface area contributed by atoms with Crippen LogP contribution in [0, 0.1) is 0 Å². The van der Waals surface area contributed by atoms with Gasteiger partial charge in [-0.2, -0.15) is 0 Å². The van der Waals surface area contributed by atoms with Gasteiger partial charge in [-0.05, 0) is 12.1 Å². The summed E-state index contributed by atoms with van der Waals surface area (Å²) >= 11 is 0. The van der Waals surface area contributed by atoms with E-state index in [0.29, 0.717) is 18.1 Å². The molecule has 14 heavy (non-hydrogen) atoms. The van der Waals surface area contributed by atoms with E-state index in [2.05, 4.69) is 6.92 Å². The normalized spacial score (nSPS) is 19.9. The highest BCUT2D eigenvalue weighted by Gasteiger charge is 2.30. The van der Waals surface area contributed by atoms with Crippen LogP contribution in [0.2, 0.25) is 0 Å². The average molecular weight is 193 g/mol. The SMILES string of the molecule is COc1ccc2c(c1)OC(=[OH+])CC2C. The summed E-state index contributed by atoms with van der Waals surface area (Å²) in [4.78, 5) is 9.34. The highest BCUT2D eigenvalue weighted by Crippen LogP contribution is 2.35. The molecule has 0 amide bonds. The third-order valence-electron chi connectivity index (χ3n) is 2.46. The molecule has 1 unspecified atom stereocenters. The molecule has 1 heterocycles. The van der Waals surface area contributed by atoms with Crippen molar-refractivity contribution in [3.63, 3.8) is 0 Å². The lowest BCUT2D eigenvalue weighted by Crippen LogP contribution is -2.18. The van der Waals surface area contributed by atoms with E-state index in [1.54, 1.807) is 13.2 Å². The second kappa shape index (κ2) is 3.33. The van der Waals surface area contributed by atoms with Gasteiger partial charge in [0.05, 0.1) is 13.2 Å². The van der Waals surface area contributed by atoms with Gasteiger partial charge < -0.3 is 9.53 Å². The molecule has 1 N–H and O–H groups in total. The van der Waals surface area contributed by atoms with Crippen molar-refractivity contribution in [1.82, 2.24) is 0 Å². The van der Waals surface area contributed by atoms with Gasteiger partial charge in [-0.1, -0.05) is 6.92 Å². The van der Waals surface area contributed by atoms with Crippen molar-refractivity contribution in [3.8, 4) is 11.5 Å². The van der Waals surface area contributed by atoms with Gasteiger partial charge in [-0.15, -0.1) is 0 Å². The zero-order valence-corrected chi connectivity index (χ0v) is 8.28. The van der Waals surface area contributed by atoms with E-state index in [4.69, 9.17) is 9.47 Å². The fourth-order valence-electron chi connectivity index (χ4n) is 1.68. The Labute approximate surface area is 82.6 Å². The van der Waals surface area contributed by atoms with Crippen LogP contribution in [0.5, 0.6) is 11.5 Å². The molecule has 0 radical (unpaired) electrons. The number of benzene rings is 1. The molecule has 74 valence electrons. The summed E-state index contributed by atoms with van der Waals surface area (Å²) in [6.07, 6.45) is 0.569. The zero-order valence-electron chi connectivity index (χ0n) is 8.28. The summed E-state index contributed by atoms with van der Waals surface area (Å²) in [5, 5.41) is 0. The Balaban J connectivity index is 2.43. The first-order chi connectivity index (χ1) is 6.70. The molecule has 0 saturated carbocycles. The van der Waals surface area contributed by atoms with Gasteiger partial charge in [-0.3, -0.25) is 4.74 Å². The number of hydrogen-bond acceptors (Lipinski definition) is 2. The lowest BCUT2D eigenvalue weighted by Gasteiger charge is -2.15. The predicted octanol–water partition coefficient (Wildman–Crippen LogP) is 2.08. The summed E-state index contributed by atoms with van der Waals surface area (Å²) in [5.41, 5.74) is 1.11. The van der Waals surface area contributed by atoms with Gasteiger partial charge in [0.1, 0.15) is 12.2 Å². The molecule has 3 heteroatoms. The van der Waals surface area contributed by atoms with E-state index in [1.165, 1.54) is 0 Å².